The minimum absolute atomic E-state index is 0.119. The van der Waals surface area contributed by atoms with Gasteiger partial charge in [0.1, 0.15) is 11.9 Å². The van der Waals surface area contributed by atoms with E-state index in [2.05, 4.69) is 11.4 Å². The second-order valence-electron chi connectivity index (χ2n) is 10.8. The van der Waals surface area contributed by atoms with Crippen molar-refractivity contribution in [3.05, 3.63) is 65.7 Å². The number of hydrogen-bond acceptors (Lipinski definition) is 7. The van der Waals surface area contributed by atoms with Crippen LogP contribution < -0.4 is 10.2 Å². The summed E-state index contributed by atoms with van der Waals surface area (Å²) in [7, 11) is -3.00. The molecule has 2 aromatic carbocycles. The second kappa shape index (κ2) is 12.0. The van der Waals surface area contributed by atoms with Gasteiger partial charge in [0, 0.05) is 36.2 Å². The number of aliphatic hydroxyl groups excluding tert-OH is 1. The van der Waals surface area contributed by atoms with E-state index in [1.165, 1.54) is 12.1 Å². The smallest absolute Gasteiger partial charge is 0.224 e. The van der Waals surface area contributed by atoms with Crippen molar-refractivity contribution < 1.29 is 22.7 Å². The Morgan fingerprint density at radius 3 is 2.37 bits per heavy atom. The molecule has 11 heteroatoms. The third kappa shape index (κ3) is 6.14. The SMILES string of the molecule is C[C@@H](C#N)NC(=O)[C@@H]1CCCC[C@H]1c1nn(-c2ccc(F)cc2)c(CO)c1-c1ccc(N2CCS(=O)(=O)CC2)cc1. The van der Waals surface area contributed by atoms with E-state index in [1.807, 2.05) is 29.2 Å². The zero-order chi connectivity index (χ0) is 29.1. The molecule has 2 fully saturated rings. The Morgan fingerprint density at radius 2 is 1.73 bits per heavy atom. The topological polar surface area (TPSA) is 128 Å². The fraction of sp³-hybridized carbons (Fsp3) is 0.433. The molecule has 1 aliphatic carbocycles. The van der Waals surface area contributed by atoms with Crippen molar-refractivity contribution in [3.8, 4) is 22.9 Å². The molecule has 41 heavy (non-hydrogen) atoms. The average Bonchev–Trinajstić information content (AvgIpc) is 3.37. The molecule has 5 rings (SSSR count). The summed E-state index contributed by atoms with van der Waals surface area (Å²) in [5.74, 6) is -0.976. The average molecular weight is 580 g/mol. The summed E-state index contributed by atoms with van der Waals surface area (Å²) in [5.41, 5.74) is 4.23. The zero-order valence-corrected chi connectivity index (χ0v) is 23.8. The van der Waals surface area contributed by atoms with Gasteiger partial charge in [-0.2, -0.15) is 10.4 Å². The lowest BCUT2D eigenvalue weighted by atomic mass is 9.75. The molecule has 2 heterocycles. The van der Waals surface area contributed by atoms with Gasteiger partial charge in [-0.15, -0.1) is 0 Å². The van der Waals surface area contributed by atoms with Crippen LogP contribution in [0.25, 0.3) is 16.8 Å². The molecular formula is C30H34FN5O4S. The van der Waals surface area contributed by atoms with Crippen LogP contribution in [0.15, 0.2) is 48.5 Å². The highest BCUT2D eigenvalue weighted by atomic mass is 32.2. The summed E-state index contributed by atoms with van der Waals surface area (Å²) in [6, 6.07) is 15.1. The highest BCUT2D eigenvalue weighted by Crippen LogP contribution is 2.43. The summed E-state index contributed by atoms with van der Waals surface area (Å²) in [6.07, 6.45) is 3.17. The molecule has 1 amide bonds. The van der Waals surface area contributed by atoms with Crippen LogP contribution in [0.3, 0.4) is 0 Å². The Labute approximate surface area is 239 Å². The highest BCUT2D eigenvalue weighted by molar-refractivity contribution is 7.91. The first-order chi connectivity index (χ1) is 19.7. The number of anilines is 1. The van der Waals surface area contributed by atoms with E-state index in [9.17, 15) is 28.0 Å². The lowest BCUT2D eigenvalue weighted by Crippen LogP contribution is -2.40. The van der Waals surface area contributed by atoms with Crippen LogP contribution in [0.4, 0.5) is 10.1 Å². The van der Waals surface area contributed by atoms with Crippen molar-refractivity contribution in [3.63, 3.8) is 0 Å². The van der Waals surface area contributed by atoms with Gasteiger partial charge in [-0.1, -0.05) is 25.0 Å². The van der Waals surface area contributed by atoms with Crippen molar-refractivity contribution in [2.75, 3.05) is 29.5 Å². The minimum atomic E-state index is -3.00. The summed E-state index contributed by atoms with van der Waals surface area (Å²) < 4.78 is 39.1. The van der Waals surface area contributed by atoms with Crippen LogP contribution in [0, 0.1) is 23.1 Å². The summed E-state index contributed by atoms with van der Waals surface area (Å²) >= 11 is 0. The monoisotopic (exact) mass is 579 g/mol. The van der Waals surface area contributed by atoms with Crippen molar-refractivity contribution in [2.24, 2.45) is 5.92 Å². The Hall–Kier alpha value is -3.75. The first-order valence-corrected chi connectivity index (χ1v) is 15.8. The summed E-state index contributed by atoms with van der Waals surface area (Å²) in [4.78, 5) is 15.3. The Morgan fingerprint density at radius 1 is 1.10 bits per heavy atom. The molecule has 1 aromatic heterocycles. The van der Waals surface area contributed by atoms with Gasteiger partial charge < -0.3 is 15.3 Å². The first-order valence-electron chi connectivity index (χ1n) is 13.9. The highest BCUT2D eigenvalue weighted by Gasteiger charge is 2.37. The summed E-state index contributed by atoms with van der Waals surface area (Å²) in [6.45, 7) is 2.17. The number of sulfone groups is 1. The number of carbonyl (C=O) groups excluding carboxylic acids is 1. The van der Waals surface area contributed by atoms with E-state index in [0.717, 1.165) is 36.1 Å². The van der Waals surface area contributed by atoms with Gasteiger partial charge in [-0.3, -0.25) is 4.79 Å². The number of halogens is 1. The Balaban J connectivity index is 1.58. The van der Waals surface area contributed by atoms with Gasteiger partial charge >= 0.3 is 0 Å². The van der Waals surface area contributed by atoms with Crippen LogP contribution in [0.5, 0.6) is 0 Å². The zero-order valence-electron chi connectivity index (χ0n) is 23.0. The molecule has 9 nitrogen and oxygen atoms in total. The number of benzene rings is 2. The second-order valence-corrected chi connectivity index (χ2v) is 13.1. The molecular weight excluding hydrogens is 545 g/mol. The largest absolute Gasteiger partial charge is 0.390 e. The molecule has 216 valence electrons. The van der Waals surface area contributed by atoms with Crippen LogP contribution in [0.2, 0.25) is 0 Å². The van der Waals surface area contributed by atoms with Crippen molar-refractivity contribution >= 4 is 21.4 Å². The third-order valence-electron chi connectivity index (χ3n) is 8.10. The molecule has 1 saturated carbocycles. The molecule has 0 bridgehead atoms. The molecule has 2 aliphatic rings. The molecule has 1 aliphatic heterocycles. The fourth-order valence-corrected chi connectivity index (χ4v) is 7.12. The Bertz CT molecular complexity index is 1530. The minimum Gasteiger partial charge on any atom is -0.390 e. The first kappa shape index (κ1) is 28.8. The standard InChI is InChI=1S/C30H34FN5O4S/c1-20(18-32)33-30(38)26-5-3-2-4-25(26)29-28(27(19-37)36(34-29)24-12-8-22(31)9-13-24)21-6-10-23(11-7-21)35-14-16-41(39,40)17-15-35/h6-13,20,25-26,37H,2-5,14-17,19H2,1H3,(H,33,38)/t20-,25+,26+/m0/s1. The van der Waals surface area contributed by atoms with E-state index < -0.39 is 21.8 Å². The maximum Gasteiger partial charge on any atom is 0.224 e. The number of amides is 1. The van der Waals surface area contributed by atoms with Gasteiger partial charge in [-0.25, -0.2) is 17.5 Å². The van der Waals surface area contributed by atoms with Crippen molar-refractivity contribution in [2.45, 2.75) is 51.2 Å². The number of aromatic nitrogens is 2. The van der Waals surface area contributed by atoms with E-state index in [1.54, 1.807) is 23.7 Å². The van der Waals surface area contributed by atoms with E-state index >= 15 is 0 Å². The third-order valence-corrected chi connectivity index (χ3v) is 9.71. The quantitative estimate of drug-likeness (QED) is 0.437. The molecule has 0 spiro atoms. The number of nitriles is 1. The van der Waals surface area contributed by atoms with Gasteiger partial charge in [0.2, 0.25) is 5.91 Å². The van der Waals surface area contributed by atoms with Gasteiger partial charge in [0.15, 0.2) is 9.84 Å². The number of aliphatic hydroxyl groups is 1. The number of carbonyl (C=O) groups is 1. The molecule has 2 N–H and O–H groups in total. The molecule has 1 saturated heterocycles. The van der Waals surface area contributed by atoms with E-state index in [0.29, 0.717) is 36.6 Å². The van der Waals surface area contributed by atoms with Crippen molar-refractivity contribution in [1.82, 2.24) is 15.1 Å². The number of rotatable bonds is 7. The lowest BCUT2D eigenvalue weighted by molar-refractivity contribution is -0.126. The van der Waals surface area contributed by atoms with Gasteiger partial charge in [0.05, 0.1) is 41.3 Å². The van der Waals surface area contributed by atoms with Gasteiger partial charge in [0.25, 0.3) is 0 Å². The predicted octanol–water partition coefficient (Wildman–Crippen LogP) is 3.71. The summed E-state index contributed by atoms with van der Waals surface area (Å²) in [5, 5.41) is 27.6. The number of nitrogens with zero attached hydrogens (tertiary/aromatic N) is 4. The fourth-order valence-electron chi connectivity index (χ4n) is 5.92. The Kier molecular flexibility index (Phi) is 8.42. The van der Waals surface area contributed by atoms with E-state index in [-0.39, 0.29) is 35.8 Å². The molecule has 0 radical (unpaired) electrons. The molecule has 3 atom stereocenters. The van der Waals surface area contributed by atoms with Crippen LogP contribution in [-0.4, -0.2) is 59.8 Å². The molecule has 0 unspecified atom stereocenters. The number of hydrogen-bond donors (Lipinski definition) is 2. The maximum atomic E-state index is 13.7. The van der Waals surface area contributed by atoms with Crippen LogP contribution >= 0.6 is 0 Å². The maximum absolute atomic E-state index is 13.7. The molecule has 3 aromatic rings. The van der Waals surface area contributed by atoms with E-state index in [4.69, 9.17) is 5.10 Å². The lowest BCUT2D eigenvalue weighted by Gasteiger charge is -2.31. The van der Waals surface area contributed by atoms with Gasteiger partial charge in [-0.05, 0) is 61.7 Å². The number of nitrogens with one attached hydrogen (secondary N) is 1. The van der Waals surface area contributed by atoms with Crippen LogP contribution in [0.1, 0.15) is 49.9 Å². The van der Waals surface area contributed by atoms with Crippen molar-refractivity contribution in [1.29, 1.82) is 5.26 Å². The normalized spacial score (nSPS) is 21.2. The van der Waals surface area contributed by atoms with Crippen LogP contribution in [-0.2, 0) is 21.2 Å². The predicted molar refractivity (Wildman–Crippen MR) is 154 cm³/mol.